The summed E-state index contributed by atoms with van der Waals surface area (Å²) in [7, 11) is 1.51. The van der Waals surface area contributed by atoms with Crippen molar-refractivity contribution in [1.29, 1.82) is 0 Å². The van der Waals surface area contributed by atoms with Crippen LogP contribution < -0.4 is 9.47 Å². The molecule has 5 heteroatoms. The van der Waals surface area contributed by atoms with E-state index >= 15 is 0 Å². The highest BCUT2D eigenvalue weighted by Gasteiger charge is 2.09. The Morgan fingerprint density at radius 1 is 1.38 bits per heavy atom. The normalized spacial score (nSPS) is 10.4. The van der Waals surface area contributed by atoms with Crippen LogP contribution in [-0.2, 0) is 4.79 Å². The third-order valence-corrected chi connectivity index (χ3v) is 2.15. The van der Waals surface area contributed by atoms with E-state index in [2.05, 4.69) is 4.98 Å². The average molecular weight is 221 g/mol. The molecule has 0 bridgehead atoms. The number of carbonyl (C=O) groups is 1. The summed E-state index contributed by atoms with van der Waals surface area (Å²) in [5, 5.41) is 10.3. The first kappa shape index (κ1) is 10.4. The molecule has 1 aromatic heterocycles. The summed E-state index contributed by atoms with van der Waals surface area (Å²) in [6.45, 7) is 1.31. The van der Waals surface area contributed by atoms with Gasteiger partial charge in [0.25, 0.3) is 0 Å². The molecule has 0 aliphatic rings. The number of nitrogens with one attached hydrogen (secondary N) is 1. The Balaban J connectivity index is 2.52. The Labute approximate surface area is 91.6 Å². The van der Waals surface area contributed by atoms with Gasteiger partial charge in [0, 0.05) is 30.5 Å². The molecule has 1 aromatic carbocycles. The Hall–Kier alpha value is -2.17. The molecule has 0 saturated heterocycles. The molecule has 0 amide bonds. The molecule has 0 spiro atoms. The van der Waals surface area contributed by atoms with Gasteiger partial charge in [-0.3, -0.25) is 4.79 Å². The Morgan fingerprint density at radius 2 is 2.12 bits per heavy atom. The van der Waals surface area contributed by atoms with E-state index in [1.54, 1.807) is 12.1 Å². The third-order valence-electron chi connectivity index (χ3n) is 2.15. The number of phenols is 1. The summed E-state index contributed by atoms with van der Waals surface area (Å²) in [6, 6.07) is 4.77. The lowest BCUT2D eigenvalue weighted by molar-refractivity contribution is -0.132. The molecular formula is C11H11NO4. The van der Waals surface area contributed by atoms with Crippen molar-refractivity contribution in [1.82, 2.24) is 4.98 Å². The summed E-state index contributed by atoms with van der Waals surface area (Å²) in [4.78, 5) is 13.6. The van der Waals surface area contributed by atoms with Gasteiger partial charge in [0.05, 0.1) is 12.6 Å². The van der Waals surface area contributed by atoms with Crippen molar-refractivity contribution in [3.63, 3.8) is 0 Å². The second-order valence-electron chi connectivity index (χ2n) is 3.33. The predicted molar refractivity (Wildman–Crippen MR) is 57.8 cm³/mol. The molecule has 0 aliphatic carbocycles. The molecule has 0 unspecified atom stereocenters. The quantitative estimate of drug-likeness (QED) is 0.758. The lowest BCUT2D eigenvalue weighted by Crippen LogP contribution is -2.00. The van der Waals surface area contributed by atoms with E-state index in [9.17, 15) is 9.90 Å². The van der Waals surface area contributed by atoms with Crippen molar-refractivity contribution in [3.05, 3.63) is 18.2 Å². The van der Waals surface area contributed by atoms with Gasteiger partial charge in [0.1, 0.15) is 11.5 Å². The number of aromatic amines is 1. The highest BCUT2D eigenvalue weighted by molar-refractivity contribution is 5.89. The number of phenolic OH excluding ortho intramolecular Hbond substituents is 1. The number of rotatable bonds is 2. The molecule has 0 aliphatic heterocycles. The number of benzene rings is 1. The molecule has 0 fully saturated rings. The van der Waals surface area contributed by atoms with Crippen molar-refractivity contribution in [2.45, 2.75) is 6.92 Å². The Kier molecular flexibility index (Phi) is 2.44. The van der Waals surface area contributed by atoms with Crippen LogP contribution in [0.15, 0.2) is 18.2 Å². The zero-order valence-corrected chi connectivity index (χ0v) is 8.90. The van der Waals surface area contributed by atoms with Crippen molar-refractivity contribution < 1.29 is 19.4 Å². The van der Waals surface area contributed by atoms with Crippen molar-refractivity contribution >= 4 is 16.9 Å². The number of carbonyl (C=O) groups excluding carboxylic acids is 1. The van der Waals surface area contributed by atoms with Gasteiger partial charge in [-0.25, -0.2) is 0 Å². The minimum absolute atomic E-state index is 0.0732. The van der Waals surface area contributed by atoms with Gasteiger partial charge in [-0.05, 0) is 0 Å². The fraction of sp³-hybridized carbons (Fsp3) is 0.182. The fourth-order valence-corrected chi connectivity index (χ4v) is 1.49. The smallest absolute Gasteiger partial charge is 0.309 e. The lowest BCUT2D eigenvalue weighted by Gasteiger charge is -2.00. The van der Waals surface area contributed by atoms with Crippen LogP contribution in [0.1, 0.15) is 6.92 Å². The molecule has 0 atom stereocenters. The number of aromatic hydroxyl groups is 1. The van der Waals surface area contributed by atoms with Crippen molar-refractivity contribution in [2.75, 3.05) is 7.11 Å². The number of fused-ring (bicyclic) bond motifs is 1. The fourth-order valence-electron chi connectivity index (χ4n) is 1.49. The average Bonchev–Trinajstić information content (AvgIpc) is 2.59. The molecule has 2 N–H and O–H groups in total. The minimum atomic E-state index is -0.419. The van der Waals surface area contributed by atoms with E-state index in [1.165, 1.54) is 20.1 Å². The molecule has 2 rings (SSSR count). The number of ether oxygens (including phenoxy) is 2. The molecule has 5 nitrogen and oxygen atoms in total. The van der Waals surface area contributed by atoms with Crippen LogP contribution in [0.5, 0.6) is 17.4 Å². The number of hydrogen-bond acceptors (Lipinski definition) is 4. The van der Waals surface area contributed by atoms with Crippen LogP contribution in [0.3, 0.4) is 0 Å². The van der Waals surface area contributed by atoms with E-state index in [-0.39, 0.29) is 5.75 Å². The SMILES string of the molecule is COc1cc(O)c2cc(OC(C)=O)[nH]c2c1. The van der Waals surface area contributed by atoms with Gasteiger partial charge in [-0.1, -0.05) is 0 Å². The first-order valence-corrected chi connectivity index (χ1v) is 4.68. The molecule has 2 aromatic rings. The van der Waals surface area contributed by atoms with E-state index in [1.807, 2.05) is 0 Å². The van der Waals surface area contributed by atoms with Crippen LogP contribution in [0.2, 0.25) is 0 Å². The van der Waals surface area contributed by atoms with Gasteiger partial charge >= 0.3 is 5.97 Å². The predicted octanol–water partition coefficient (Wildman–Crippen LogP) is 1.81. The summed E-state index contributed by atoms with van der Waals surface area (Å²) >= 11 is 0. The van der Waals surface area contributed by atoms with Crippen LogP contribution >= 0.6 is 0 Å². The maximum Gasteiger partial charge on any atom is 0.309 e. The Morgan fingerprint density at radius 3 is 2.75 bits per heavy atom. The number of esters is 1. The molecule has 16 heavy (non-hydrogen) atoms. The topological polar surface area (TPSA) is 71.5 Å². The first-order valence-electron chi connectivity index (χ1n) is 4.68. The summed E-state index contributed by atoms with van der Waals surface area (Å²) in [6.07, 6.45) is 0. The summed E-state index contributed by atoms with van der Waals surface area (Å²) in [5.74, 6) is 0.481. The number of methoxy groups -OCH3 is 1. The lowest BCUT2D eigenvalue weighted by atomic mass is 10.2. The first-order chi connectivity index (χ1) is 7.60. The zero-order valence-electron chi connectivity index (χ0n) is 8.90. The standard InChI is InChI=1S/C11H11NO4/c1-6(13)16-11-5-8-9(12-11)3-7(15-2)4-10(8)14/h3-5,12,14H,1-2H3. The van der Waals surface area contributed by atoms with Crippen molar-refractivity contribution in [2.24, 2.45) is 0 Å². The van der Waals surface area contributed by atoms with Gasteiger partial charge in [0.15, 0.2) is 0 Å². The number of hydrogen-bond donors (Lipinski definition) is 2. The monoisotopic (exact) mass is 221 g/mol. The second kappa shape index (κ2) is 3.77. The highest BCUT2D eigenvalue weighted by Crippen LogP contribution is 2.32. The van der Waals surface area contributed by atoms with Gasteiger partial charge in [0.2, 0.25) is 5.88 Å². The van der Waals surface area contributed by atoms with Crippen LogP contribution in [0, 0.1) is 0 Å². The maximum absolute atomic E-state index is 10.8. The van der Waals surface area contributed by atoms with Crippen LogP contribution in [0.4, 0.5) is 0 Å². The molecule has 0 radical (unpaired) electrons. The molecule has 84 valence electrons. The molecule has 1 heterocycles. The van der Waals surface area contributed by atoms with Crippen molar-refractivity contribution in [3.8, 4) is 17.4 Å². The second-order valence-corrected chi connectivity index (χ2v) is 3.33. The van der Waals surface area contributed by atoms with Crippen LogP contribution in [0.25, 0.3) is 10.9 Å². The van der Waals surface area contributed by atoms with E-state index < -0.39 is 5.97 Å². The van der Waals surface area contributed by atoms with E-state index in [0.29, 0.717) is 22.5 Å². The highest BCUT2D eigenvalue weighted by atomic mass is 16.5. The van der Waals surface area contributed by atoms with Gasteiger partial charge < -0.3 is 19.6 Å². The van der Waals surface area contributed by atoms with Gasteiger partial charge in [-0.2, -0.15) is 0 Å². The number of H-pyrrole nitrogens is 1. The summed E-state index contributed by atoms with van der Waals surface area (Å²) < 4.78 is 9.89. The van der Waals surface area contributed by atoms with Gasteiger partial charge in [-0.15, -0.1) is 0 Å². The third kappa shape index (κ3) is 1.79. The maximum atomic E-state index is 10.8. The minimum Gasteiger partial charge on any atom is -0.507 e. The largest absolute Gasteiger partial charge is 0.507 e. The molecular weight excluding hydrogens is 210 g/mol. The zero-order chi connectivity index (χ0) is 11.7. The van der Waals surface area contributed by atoms with E-state index in [4.69, 9.17) is 9.47 Å². The number of aromatic nitrogens is 1. The Bertz CT molecular complexity index is 544. The molecule has 0 saturated carbocycles. The van der Waals surface area contributed by atoms with Crippen LogP contribution in [-0.4, -0.2) is 23.2 Å². The van der Waals surface area contributed by atoms with E-state index in [0.717, 1.165) is 0 Å². The summed E-state index contributed by atoms with van der Waals surface area (Å²) in [5.41, 5.74) is 0.646.